The number of alkyl halides is 3. The highest BCUT2D eigenvalue weighted by molar-refractivity contribution is 5.61. The Balaban J connectivity index is 1.62. The second-order valence-corrected chi connectivity index (χ2v) is 7.64. The van der Waals surface area contributed by atoms with E-state index >= 15 is 0 Å². The van der Waals surface area contributed by atoms with Crippen molar-refractivity contribution in [3.05, 3.63) is 95.4 Å². The summed E-state index contributed by atoms with van der Waals surface area (Å²) in [6.45, 7) is 2.53. The number of benzene rings is 2. The number of aryl methyl sites for hydroxylation is 1. The van der Waals surface area contributed by atoms with Crippen molar-refractivity contribution in [2.24, 2.45) is 0 Å². The molecule has 0 radical (unpaired) electrons. The third-order valence-electron chi connectivity index (χ3n) is 5.01. The quantitative estimate of drug-likeness (QED) is 0.340. The molecule has 0 spiro atoms. The number of aromatic nitrogens is 3. The van der Waals surface area contributed by atoms with Gasteiger partial charge in [-0.1, -0.05) is 30.3 Å². The molecule has 0 amide bonds. The molecule has 0 aliphatic rings. The summed E-state index contributed by atoms with van der Waals surface area (Å²) >= 11 is 0. The van der Waals surface area contributed by atoms with Crippen LogP contribution >= 0.6 is 0 Å². The zero-order valence-electron chi connectivity index (χ0n) is 18.6. The van der Waals surface area contributed by atoms with Crippen LogP contribution in [0.25, 0.3) is 5.69 Å². The lowest BCUT2D eigenvalue weighted by molar-refractivity contribution is -0.137. The largest absolute Gasteiger partial charge is 0.497 e. The van der Waals surface area contributed by atoms with Crippen molar-refractivity contribution in [3.8, 4) is 11.4 Å². The second kappa shape index (κ2) is 9.96. The maximum Gasteiger partial charge on any atom is 0.416 e. The highest BCUT2D eigenvalue weighted by Crippen LogP contribution is 2.35. The molecule has 0 fully saturated rings. The van der Waals surface area contributed by atoms with Crippen LogP contribution in [0.5, 0.6) is 5.75 Å². The molecular formula is C25H23F3N4O2. The van der Waals surface area contributed by atoms with E-state index < -0.39 is 11.7 Å². The minimum Gasteiger partial charge on any atom is -0.497 e. The van der Waals surface area contributed by atoms with Gasteiger partial charge in [-0.2, -0.15) is 13.2 Å². The Morgan fingerprint density at radius 3 is 2.47 bits per heavy atom. The number of hydrogen-bond acceptors (Lipinski definition) is 5. The summed E-state index contributed by atoms with van der Waals surface area (Å²) in [5, 5.41) is 7.53. The summed E-state index contributed by atoms with van der Waals surface area (Å²) in [5.41, 5.74) is 2.72. The Bertz CT molecular complexity index is 1260. The lowest BCUT2D eigenvalue weighted by Gasteiger charge is -2.12. The molecule has 6 nitrogen and oxygen atoms in total. The molecule has 0 saturated carbocycles. The van der Waals surface area contributed by atoms with Crippen molar-refractivity contribution in [2.75, 3.05) is 12.4 Å². The molecule has 4 rings (SSSR count). The predicted octanol–water partition coefficient (Wildman–Crippen LogP) is 6.06. The first-order valence-electron chi connectivity index (χ1n) is 10.5. The Labute approximate surface area is 195 Å². The molecule has 4 aromatic rings. The van der Waals surface area contributed by atoms with Crippen LogP contribution in [-0.2, 0) is 24.1 Å². The number of hydrogen-bond donors (Lipinski definition) is 1. The number of anilines is 2. The third-order valence-corrected chi connectivity index (χ3v) is 5.01. The van der Waals surface area contributed by atoms with Crippen LogP contribution in [0, 0.1) is 6.92 Å². The lowest BCUT2D eigenvalue weighted by atomic mass is 10.2. The van der Waals surface area contributed by atoms with Gasteiger partial charge >= 0.3 is 6.18 Å². The molecule has 1 N–H and O–H groups in total. The van der Waals surface area contributed by atoms with Crippen LogP contribution in [0.2, 0.25) is 0 Å². The molecule has 0 atom stereocenters. The Kier molecular flexibility index (Phi) is 6.83. The van der Waals surface area contributed by atoms with Crippen molar-refractivity contribution in [3.63, 3.8) is 0 Å². The molecule has 0 aliphatic heterocycles. The zero-order valence-corrected chi connectivity index (χ0v) is 18.6. The Hall–Kier alpha value is -3.85. The highest BCUT2D eigenvalue weighted by atomic mass is 19.4. The number of halogens is 3. The average Bonchev–Trinajstić information content (AvgIpc) is 3.21. The zero-order chi connectivity index (χ0) is 24.1. The first kappa shape index (κ1) is 23.3. The summed E-state index contributed by atoms with van der Waals surface area (Å²) < 4.78 is 52.5. The van der Waals surface area contributed by atoms with E-state index in [9.17, 15) is 13.2 Å². The van der Waals surface area contributed by atoms with E-state index in [-0.39, 0.29) is 18.0 Å². The molecule has 9 heteroatoms. The number of nitrogens with zero attached hydrogens (tertiary/aromatic N) is 3. The molecule has 0 unspecified atom stereocenters. The van der Waals surface area contributed by atoms with Crippen molar-refractivity contribution >= 4 is 11.5 Å². The monoisotopic (exact) mass is 468 g/mol. The second-order valence-electron chi connectivity index (χ2n) is 7.64. The fraction of sp³-hybridized carbons (Fsp3) is 0.200. The van der Waals surface area contributed by atoms with Gasteiger partial charge in [0.1, 0.15) is 5.75 Å². The maximum atomic E-state index is 13.3. The summed E-state index contributed by atoms with van der Waals surface area (Å²) in [6.07, 6.45) is -2.83. The van der Waals surface area contributed by atoms with Crippen LogP contribution < -0.4 is 10.1 Å². The number of nitrogens with one attached hydrogen (secondary N) is 1. The van der Waals surface area contributed by atoms with Crippen LogP contribution in [0.4, 0.5) is 24.7 Å². The van der Waals surface area contributed by atoms with Crippen molar-refractivity contribution < 1.29 is 22.6 Å². The average molecular weight is 468 g/mol. The van der Waals surface area contributed by atoms with E-state index in [0.29, 0.717) is 12.4 Å². The summed E-state index contributed by atoms with van der Waals surface area (Å²) in [6, 6.07) is 18.6. The highest BCUT2D eigenvalue weighted by Gasteiger charge is 2.31. The lowest BCUT2D eigenvalue weighted by Crippen LogP contribution is -2.06. The maximum absolute atomic E-state index is 13.3. The summed E-state index contributed by atoms with van der Waals surface area (Å²) in [4.78, 5) is 4.21. The smallest absolute Gasteiger partial charge is 0.416 e. The number of ether oxygens (including phenoxy) is 2. The predicted molar refractivity (Wildman–Crippen MR) is 122 cm³/mol. The van der Waals surface area contributed by atoms with E-state index in [1.54, 1.807) is 23.0 Å². The van der Waals surface area contributed by atoms with Gasteiger partial charge < -0.3 is 14.8 Å². The van der Waals surface area contributed by atoms with Crippen molar-refractivity contribution in [1.29, 1.82) is 0 Å². The fourth-order valence-corrected chi connectivity index (χ4v) is 3.42. The normalized spacial score (nSPS) is 11.4. The molecule has 0 saturated heterocycles. The molecule has 0 bridgehead atoms. The van der Waals surface area contributed by atoms with Gasteiger partial charge in [0.25, 0.3) is 0 Å². The molecule has 2 aromatic heterocycles. The topological polar surface area (TPSA) is 61.2 Å². The summed E-state index contributed by atoms with van der Waals surface area (Å²) in [5.74, 6) is 0.460. The fourth-order valence-electron chi connectivity index (χ4n) is 3.42. The number of rotatable bonds is 8. The van der Waals surface area contributed by atoms with Gasteiger partial charge in [-0.05, 0) is 36.8 Å². The van der Waals surface area contributed by atoms with E-state index in [1.165, 1.54) is 13.2 Å². The van der Waals surface area contributed by atoms with Crippen LogP contribution in [0.15, 0.2) is 72.9 Å². The van der Waals surface area contributed by atoms with Crippen molar-refractivity contribution in [1.82, 2.24) is 14.8 Å². The molecule has 176 valence electrons. The van der Waals surface area contributed by atoms with E-state index in [2.05, 4.69) is 15.4 Å². The molecule has 0 aliphatic carbocycles. The SMILES string of the molecule is COc1cc(Nc2cc(COCc3ccccc3)n(-c3ccnc(C)c3)n2)cc(C(F)(F)F)c1. The first-order valence-corrected chi connectivity index (χ1v) is 10.5. The Morgan fingerprint density at radius 2 is 1.76 bits per heavy atom. The van der Waals surface area contributed by atoms with Gasteiger partial charge in [-0.15, -0.1) is 5.10 Å². The molecular weight excluding hydrogens is 445 g/mol. The van der Waals surface area contributed by atoms with Crippen LogP contribution in [-0.4, -0.2) is 21.9 Å². The Morgan fingerprint density at radius 1 is 0.971 bits per heavy atom. The van der Waals surface area contributed by atoms with Crippen LogP contribution in [0.3, 0.4) is 0 Å². The minimum atomic E-state index is -4.50. The number of methoxy groups -OCH3 is 1. The number of pyridine rings is 1. The standard InChI is InChI=1S/C25H23F3N4O2/c1-17-10-21(8-9-29-17)32-22(16-34-15-18-6-4-3-5-7-18)14-24(31-32)30-20-11-19(25(26,27)28)12-23(13-20)33-2/h3-14H,15-16H2,1-2H3,(H,30,31). The van der Waals surface area contributed by atoms with E-state index in [1.807, 2.05) is 43.3 Å². The van der Waals surface area contributed by atoms with Gasteiger partial charge in [0.05, 0.1) is 37.3 Å². The summed E-state index contributed by atoms with van der Waals surface area (Å²) in [7, 11) is 1.32. The van der Waals surface area contributed by atoms with E-state index in [4.69, 9.17) is 9.47 Å². The third kappa shape index (κ3) is 5.74. The molecule has 2 heterocycles. The van der Waals surface area contributed by atoms with Gasteiger partial charge in [0.2, 0.25) is 0 Å². The van der Waals surface area contributed by atoms with Gasteiger partial charge in [-0.25, -0.2) is 4.68 Å². The van der Waals surface area contributed by atoms with Gasteiger partial charge in [-0.3, -0.25) is 4.98 Å². The first-order chi connectivity index (χ1) is 16.3. The minimum absolute atomic E-state index is 0.0907. The van der Waals surface area contributed by atoms with Gasteiger partial charge in [0.15, 0.2) is 5.82 Å². The molecule has 34 heavy (non-hydrogen) atoms. The van der Waals surface area contributed by atoms with Crippen LogP contribution in [0.1, 0.15) is 22.5 Å². The van der Waals surface area contributed by atoms with Gasteiger partial charge in [0, 0.05) is 29.7 Å². The van der Waals surface area contributed by atoms with Crippen molar-refractivity contribution in [2.45, 2.75) is 26.3 Å². The van der Waals surface area contributed by atoms with E-state index in [0.717, 1.165) is 34.8 Å². The molecule has 2 aromatic carbocycles.